The van der Waals surface area contributed by atoms with E-state index in [1.54, 1.807) is 0 Å². The molecular weight excluding hydrogens is 180 g/mol. The molecule has 0 amide bonds. The molecule has 2 aliphatic rings. The number of hydrogen-bond acceptors (Lipinski definition) is 3. The highest BCUT2D eigenvalue weighted by Crippen LogP contribution is 2.39. The average molecular weight is 200 g/mol. The number of unbranched alkanes of at least 4 members (excludes halogenated alkanes) is 1. The quantitative estimate of drug-likeness (QED) is 0.704. The van der Waals surface area contributed by atoms with Crippen molar-refractivity contribution in [3.05, 3.63) is 0 Å². The van der Waals surface area contributed by atoms with Gasteiger partial charge in [-0.15, -0.1) is 0 Å². The second kappa shape index (κ2) is 4.60. The van der Waals surface area contributed by atoms with E-state index in [0.29, 0.717) is 6.61 Å². The lowest BCUT2D eigenvalue weighted by Crippen LogP contribution is -2.26. The van der Waals surface area contributed by atoms with Gasteiger partial charge in [-0.25, -0.2) is 0 Å². The molecule has 1 saturated heterocycles. The summed E-state index contributed by atoms with van der Waals surface area (Å²) in [6, 6.07) is 0. The fourth-order valence-electron chi connectivity index (χ4n) is 2.42. The van der Waals surface area contributed by atoms with Gasteiger partial charge in [0.05, 0.1) is 12.7 Å². The van der Waals surface area contributed by atoms with Crippen LogP contribution >= 0.6 is 0 Å². The van der Waals surface area contributed by atoms with Gasteiger partial charge < -0.3 is 14.6 Å². The number of rotatable bonds is 4. The molecule has 1 aliphatic heterocycles. The van der Waals surface area contributed by atoms with E-state index in [-0.39, 0.29) is 11.9 Å². The van der Waals surface area contributed by atoms with Crippen LogP contribution in [0.4, 0.5) is 0 Å². The molecule has 14 heavy (non-hydrogen) atoms. The van der Waals surface area contributed by atoms with Crippen molar-refractivity contribution in [3.8, 4) is 0 Å². The number of aliphatic hydroxyl groups is 1. The van der Waals surface area contributed by atoms with Gasteiger partial charge in [0, 0.05) is 19.4 Å². The van der Waals surface area contributed by atoms with Gasteiger partial charge in [-0.3, -0.25) is 0 Å². The summed E-state index contributed by atoms with van der Waals surface area (Å²) in [5.41, 5.74) is 0. The Morgan fingerprint density at radius 3 is 2.71 bits per heavy atom. The highest BCUT2D eigenvalue weighted by molar-refractivity contribution is 4.83. The molecule has 0 aromatic rings. The zero-order valence-corrected chi connectivity index (χ0v) is 8.71. The Hall–Kier alpha value is -0.120. The molecule has 2 rings (SSSR count). The molecule has 3 heteroatoms. The smallest absolute Gasteiger partial charge is 0.168 e. The minimum absolute atomic E-state index is 0.204. The number of ether oxygens (including phenoxy) is 2. The topological polar surface area (TPSA) is 38.7 Å². The Kier molecular flexibility index (Phi) is 3.42. The lowest BCUT2D eigenvalue weighted by atomic mass is 10.1. The molecule has 0 aromatic heterocycles. The van der Waals surface area contributed by atoms with Gasteiger partial charge in [-0.2, -0.15) is 0 Å². The largest absolute Gasteiger partial charge is 0.396 e. The van der Waals surface area contributed by atoms with Gasteiger partial charge >= 0.3 is 0 Å². The van der Waals surface area contributed by atoms with Crippen molar-refractivity contribution in [2.45, 2.75) is 56.8 Å². The van der Waals surface area contributed by atoms with Crippen molar-refractivity contribution in [1.29, 1.82) is 0 Å². The van der Waals surface area contributed by atoms with E-state index in [4.69, 9.17) is 14.6 Å². The van der Waals surface area contributed by atoms with Crippen molar-refractivity contribution >= 4 is 0 Å². The third-order valence-electron chi connectivity index (χ3n) is 3.21. The van der Waals surface area contributed by atoms with Crippen LogP contribution in [0.5, 0.6) is 0 Å². The fourth-order valence-corrected chi connectivity index (χ4v) is 2.42. The summed E-state index contributed by atoms with van der Waals surface area (Å²) >= 11 is 0. The molecule has 2 fully saturated rings. The molecule has 0 radical (unpaired) electrons. The second-order valence-electron chi connectivity index (χ2n) is 4.39. The van der Waals surface area contributed by atoms with Gasteiger partial charge in [0.15, 0.2) is 5.79 Å². The third kappa shape index (κ3) is 2.27. The second-order valence-corrected chi connectivity index (χ2v) is 4.39. The molecule has 1 heterocycles. The van der Waals surface area contributed by atoms with Crippen LogP contribution in [0, 0.1) is 0 Å². The van der Waals surface area contributed by atoms with Crippen molar-refractivity contribution < 1.29 is 14.6 Å². The maximum Gasteiger partial charge on any atom is 0.168 e. The zero-order chi connectivity index (χ0) is 9.86. The summed E-state index contributed by atoms with van der Waals surface area (Å²) in [5, 5.41) is 8.67. The first kappa shape index (κ1) is 10.4. The summed E-state index contributed by atoms with van der Waals surface area (Å²) in [7, 11) is 0. The Morgan fingerprint density at radius 2 is 2.00 bits per heavy atom. The maximum atomic E-state index is 8.67. The highest BCUT2D eigenvalue weighted by Gasteiger charge is 2.43. The van der Waals surface area contributed by atoms with Gasteiger partial charge in [0.1, 0.15) is 0 Å². The molecule has 0 bridgehead atoms. The van der Waals surface area contributed by atoms with E-state index in [0.717, 1.165) is 38.7 Å². The van der Waals surface area contributed by atoms with Crippen LogP contribution in [0.25, 0.3) is 0 Å². The minimum Gasteiger partial charge on any atom is -0.396 e. The third-order valence-corrected chi connectivity index (χ3v) is 3.21. The van der Waals surface area contributed by atoms with Crippen LogP contribution in [0.15, 0.2) is 0 Å². The monoisotopic (exact) mass is 200 g/mol. The fraction of sp³-hybridized carbons (Fsp3) is 1.00. The van der Waals surface area contributed by atoms with Crippen LogP contribution in [0.1, 0.15) is 44.9 Å². The first-order valence-electron chi connectivity index (χ1n) is 5.77. The van der Waals surface area contributed by atoms with E-state index in [2.05, 4.69) is 0 Å². The summed E-state index contributed by atoms with van der Waals surface area (Å²) in [5.74, 6) is -0.204. The van der Waals surface area contributed by atoms with Gasteiger partial charge in [0.2, 0.25) is 0 Å². The van der Waals surface area contributed by atoms with Crippen LogP contribution in [-0.2, 0) is 9.47 Å². The van der Waals surface area contributed by atoms with E-state index < -0.39 is 0 Å². The SMILES string of the molecule is OCCCC[C@H]1COC2(CCCC2)O1. The minimum atomic E-state index is -0.204. The normalized spacial score (nSPS) is 30.2. The average Bonchev–Trinajstić information content (AvgIpc) is 2.79. The highest BCUT2D eigenvalue weighted by atomic mass is 16.7. The van der Waals surface area contributed by atoms with Crippen LogP contribution in [-0.4, -0.2) is 30.2 Å². The molecule has 3 nitrogen and oxygen atoms in total. The van der Waals surface area contributed by atoms with Crippen molar-refractivity contribution in [1.82, 2.24) is 0 Å². The summed E-state index contributed by atoms with van der Waals surface area (Å²) in [6.45, 7) is 1.05. The lowest BCUT2D eigenvalue weighted by Gasteiger charge is -2.21. The predicted molar refractivity (Wildman–Crippen MR) is 53.0 cm³/mol. The molecular formula is C11H20O3. The molecule has 82 valence electrons. The van der Waals surface area contributed by atoms with E-state index in [9.17, 15) is 0 Å². The molecule has 1 saturated carbocycles. The summed E-state index contributed by atoms with van der Waals surface area (Å²) < 4.78 is 11.7. The predicted octanol–water partition coefficient (Wildman–Crippen LogP) is 1.83. The molecule has 1 atom stereocenters. The molecule has 0 unspecified atom stereocenters. The van der Waals surface area contributed by atoms with Gasteiger partial charge in [-0.1, -0.05) is 0 Å². The van der Waals surface area contributed by atoms with E-state index in [1.807, 2.05) is 0 Å². The molecule has 0 aromatic carbocycles. The van der Waals surface area contributed by atoms with Crippen molar-refractivity contribution in [3.63, 3.8) is 0 Å². The first-order chi connectivity index (χ1) is 6.85. The van der Waals surface area contributed by atoms with E-state index >= 15 is 0 Å². The Bertz CT molecular complexity index is 175. The van der Waals surface area contributed by atoms with Crippen LogP contribution in [0.3, 0.4) is 0 Å². The van der Waals surface area contributed by atoms with Crippen LogP contribution < -0.4 is 0 Å². The maximum absolute atomic E-state index is 8.67. The molecule has 1 aliphatic carbocycles. The first-order valence-corrected chi connectivity index (χ1v) is 5.77. The summed E-state index contributed by atoms with van der Waals surface area (Å²) in [6.07, 6.45) is 7.86. The van der Waals surface area contributed by atoms with E-state index in [1.165, 1.54) is 12.8 Å². The van der Waals surface area contributed by atoms with Crippen LogP contribution in [0.2, 0.25) is 0 Å². The van der Waals surface area contributed by atoms with Crippen molar-refractivity contribution in [2.75, 3.05) is 13.2 Å². The van der Waals surface area contributed by atoms with Gasteiger partial charge in [-0.05, 0) is 32.1 Å². The number of hydrogen-bond donors (Lipinski definition) is 1. The zero-order valence-electron chi connectivity index (χ0n) is 8.71. The number of aliphatic hydroxyl groups excluding tert-OH is 1. The van der Waals surface area contributed by atoms with Gasteiger partial charge in [0.25, 0.3) is 0 Å². The lowest BCUT2D eigenvalue weighted by molar-refractivity contribution is -0.162. The van der Waals surface area contributed by atoms with Crippen molar-refractivity contribution in [2.24, 2.45) is 0 Å². The molecule has 1 N–H and O–H groups in total. The standard InChI is InChI=1S/C11H20O3/c12-8-4-1-5-10-9-13-11(14-10)6-2-3-7-11/h10,12H,1-9H2/t10-/m0/s1. The Balaban J connectivity index is 1.71. The Morgan fingerprint density at radius 1 is 1.21 bits per heavy atom. The molecule has 1 spiro atoms. The Labute approximate surface area is 85.4 Å². The summed E-state index contributed by atoms with van der Waals surface area (Å²) in [4.78, 5) is 0.